The highest BCUT2D eigenvalue weighted by Gasteiger charge is 2.41. The molecule has 0 radical (unpaired) electrons. The van der Waals surface area contributed by atoms with Crippen molar-refractivity contribution in [3.63, 3.8) is 0 Å². The Hall–Kier alpha value is -3.35. The number of carboxylic acid groups (broad SMARTS) is 1. The van der Waals surface area contributed by atoms with Crippen molar-refractivity contribution in [1.29, 1.82) is 0 Å². The molecule has 1 fully saturated rings. The zero-order valence-electron chi connectivity index (χ0n) is 18.8. The van der Waals surface area contributed by atoms with E-state index >= 15 is 0 Å². The van der Waals surface area contributed by atoms with Gasteiger partial charge in [0.15, 0.2) is 0 Å². The second-order valence-electron chi connectivity index (χ2n) is 8.98. The van der Waals surface area contributed by atoms with Gasteiger partial charge in [0, 0.05) is 5.92 Å². The lowest BCUT2D eigenvalue weighted by atomic mass is 9.90. The number of ether oxygens (including phenoxy) is 1. The molecule has 174 valence electrons. The molecule has 33 heavy (non-hydrogen) atoms. The molecule has 0 bridgehead atoms. The van der Waals surface area contributed by atoms with Crippen LogP contribution in [0.2, 0.25) is 0 Å². The van der Waals surface area contributed by atoms with E-state index in [-0.39, 0.29) is 12.5 Å². The molecule has 2 aromatic carbocycles. The van der Waals surface area contributed by atoms with E-state index < -0.39 is 29.6 Å². The van der Waals surface area contributed by atoms with Gasteiger partial charge in [-0.25, -0.2) is 9.59 Å². The number of amides is 2. The molecule has 1 saturated carbocycles. The summed E-state index contributed by atoms with van der Waals surface area (Å²) in [6.45, 7) is 1.68. The lowest BCUT2D eigenvalue weighted by Gasteiger charge is -2.30. The number of carboxylic acids is 1. The van der Waals surface area contributed by atoms with Crippen molar-refractivity contribution in [1.82, 2.24) is 10.6 Å². The maximum absolute atomic E-state index is 12.7. The molecular formula is C26H30N2O5. The first-order valence-corrected chi connectivity index (χ1v) is 11.6. The Bertz CT molecular complexity index is 997. The summed E-state index contributed by atoms with van der Waals surface area (Å²) in [5.41, 5.74) is 3.21. The van der Waals surface area contributed by atoms with Crippen LogP contribution in [-0.2, 0) is 14.3 Å². The zero-order valence-corrected chi connectivity index (χ0v) is 18.8. The highest BCUT2D eigenvalue weighted by molar-refractivity contribution is 5.91. The van der Waals surface area contributed by atoms with Gasteiger partial charge in [0.2, 0.25) is 5.91 Å². The molecular weight excluding hydrogens is 420 g/mol. The number of fused-ring (bicyclic) bond motifs is 3. The molecule has 0 aromatic heterocycles. The minimum atomic E-state index is -1.27. The fraction of sp³-hybridized carbons (Fsp3) is 0.423. The summed E-state index contributed by atoms with van der Waals surface area (Å²) in [5.74, 6) is -1.62. The Kier molecular flexibility index (Phi) is 6.67. The standard InChI is InChI=1S/C26H30N2O5/c1-17(23(29)28-26(24(30)31)14-8-2-3-9-15-26)27-25(32)33-16-22-20-12-6-4-10-18(20)19-11-5-7-13-21(19)22/h4-7,10-13,17,22H,2-3,8-9,14-16H2,1H3,(H,27,32)(H,28,29)(H,30,31). The molecule has 0 saturated heterocycles. The molecule has 2 aliphatic carbocycles. The second kappa shape index (κ2) is 9.65. The minimum absolute atomic E-state index is 0.0754. The quantitative estimate of drug-likeness (QED) is 0.572. The number of alkyl carbamates (subject to hydrolysis) is 1. The van der Waals surface area contributed by atoms with Crippen molar-refractivity contribution in [2.45, 2.75) is 62.9 Å². The third-order valence-electron chi connectivity index (χ3n) is 6.80. The topological polar surface area (TPSA) is 105 Å². The number of nitrogens with one attached hydrogen (secondary N) is 2. The first-order chi connectivity index (χ1) is 15.9. The Morgan fingerprint density at radius 1 is 0.970 bits per heavy atom. The first kappa shape index (κ1) is 22.8. The van der Waals surface area contributed by atoms with Crippen LogP contribution in [0.3, 0.4) is 0 Å². The van der Waals surface area contributed by atoms with E-state index in [0.29, 0.717) is 12.8 Å². The van der Waals surface area contributed by atoms with Gasteiger partial charge >= 0.3 is 12.1 Å². The fourth-order valence-electron chi connectivity index (χ4n) is 4.95. The largest absolute Gasteiger partial charge is 0.480 e. The fourth-order valence-corrected chi connectivity index (χ4v) is 4.95. The van der Waals surface area contributed by atoms with Crippen LogP contribution in [0, 0.1) is 0 Å². The Morgan fingerprint density at radius 2 is 1.52 bits per heavy atom. The molecule has 4 rings (SSSR count). The van der Waals surface area contributed by atoms with Gasteiger partial charge in [-0.15, -0.1) is 0 Å². The summed E-state index contributed by atoms with van der Waals surface area (Å²) in [4.78, 5) is 37.1. The SMILES string of the molecule is CC(NC(=O)OCC1c2ccccc2-c2ccccc21)C(=O)NC1(C(=O)O)CCCCCC1. The molecule has 0 spiro atoms. The maximum atomic E-state index is 12.7. The maximum Gasteiger partial charge on any atom is 0.407 e. The summed E-state index contributed by atoms with van der Waals surface area (Å²) in [6.07, 6.45) is 3.50. The van der Waals surface area contributed by atoms with E-state index in [9.17, 15) is 19.5 Å². The Balaban J connectivity index is 1.36. The normalized spacial score (nSPS) is 17.7. The van der Waals surface area contributed by atoms with Crippen molar-refractivity contribution >= 4 is 18.0 Å². The lowest BCUT2D eigenvalue weighted by Crippen LogP contribution is -2.58. The predicted octanol–water partition coefficient (Wildman–Crippen LogP) is 4.21. The zero-order chi connectivity index (χ0) is 23.4. The Morgan fingerprint density at radius 3 is 2.06 bits per heavy atom. The molecule has 0 aliphatic heterocycles. The number of carbonyl (C=O) groups is 3. The van der Waals surface area contributed by atoms with Crippen molar-refractivity contribution < 1.29 is 24.2 Å². The molecule has 2 aromatic rings. The average molecular weight is 451 g/mol. The molecule has 7 nitrogen and oxygen atoms in total. The van der Waals surface area contributed by atoms with Gasteiger partial charge in [-0.1, -0.05) is 74.2 Å². The molecule has 1 unspecified atom stereocenters. The average Bonchev–Trinajstić information content (AvgIpc) is 2.93. The number of aliphatic carboxylic acids is 1. The molecule has 7 heteroatoms. The van der Waals surface area contributed by atoms with E-state index in [1.54, 1.807) is 0 Å². The van der Waals surface area contributed by atoms with Gasteiger partial charge in [-0.3, -0.25) is 4.79 Å². The van der Waals surface area contributed by atoms with Crippen LogP contribution < -0.4 is 10.6 Å². The van der Waals surface area contributed by atoms with Gasteiger partial charge in [0.05, 0.1) is 0 Å². The summed E-state index contributed by atoms with van der Waals surface area (Å²) in [7, 11) is 0. The lowest BCUT2D eigenvalue weighted by molar-refractivity contribution is -0.148. The number of hydrogen-bond acceptors (Lipinski definition) is 4. The van der Waals surface area contributed by atoms with Crippen LogP contribution in [0.15, 0.2) is 48.5 Å². The van der Waals surface area contributed by atoms with E-state index in [2.05, 4.69) is 22.8 Å². The third kappa shape index (κ3) is 4.72. The van der Waals surface area contributed by atoms with Gasteiger partial charge < -0.3 is 20.5 Å². The highest BCUT2D eigenvalue weighted by Crippen LogP contribution is 2.44. The van der Waals surface area contributed by atoms with Gasteiger partial charge in [-0.2, -0.15) is 0 Å². The van der Waals surface area contributed by atoms with Crippen molar-refractivity contribution in [3.8, 4) is 11.1 Å². The van der Waals surface area contributed by atoms with E-state index in [1.165, 1.54) is 6.92 Å². The summed E-state index contributed by atoms with van der Waals surface area (Å²) < 4.78 is 5.50. The summed E-state index contributed by atoms with van der Waals surface area (Å²) in [5, 5.41) is 15.0. The van der Waals surface area contributed by atoms with Crippen LogP contribution in [0.25, 0.3) is 11.1 Å². The molecule has 2 aliphatic rings. The van der Waals surface area contributed by atoms with E-state index in [1.807, 2.05) is 36.4 Å². The predicted molar refractivity (Wildman–Crippen MR) is 124 cm³/mol. The summed E-state index contributed by atoms with van der Waals surface area (Å²) >= 11 is 0. The molecule has 0 heterocycles. The third-order valence-corrected chi connectivity index (χ3v) is 6.80. The van der Waals surface area contributed by atoms with Crippen molar-refractivity contribution in [2.24, 2.45) is 0 Å². The highest BCUT2D eigenvalue weighted by atomic mass is 16.5. The van der Waals surface area contributed by atoms with Crippen LogP contribution >= 0.6 is 0 Å². The molecule has 2 amide bonds. The van der Waals surface area contributed by atoms with Crippen molar-refractivity contribution in [3.05, 3.63) is 59.7 Å². The van der Waals surface area contributed by atoms with E-state index in [0.717, 1.165) is 47.9 Å². The van der Waals surface area contributed by atoms with Crippen LogP contribution in [-0.4, -0.2) is 41.3 Å². The van der Waals surface area contributed by atoms with E-state index in [4.69, 9.17) is 4.74 Å². The first-order valence-electron chi connectivity index (χ1n) is 11.6. The monoisotopic (exact) mass is 450 g/mol. The number of hydrogen-bond donors (Lipinski definition) is 3. The molecule has 3 N–H and O–H groups in total. The Labute approximate surface area is 193 Å². The van der Waals surface area contributed by atoms with Gasteiger partial charge in [0.25, 0.3) is 0 Å². The van der Waals surface area contributed by atoms with Crippen LogP contribution in [0.1, 0.15) is 62.5 Å². The summed E-state index contributed by atoms with van der Waals surface area (Å²) in [6, 6.07) is 15.2. The number of carbonyl (C=O) groups excluding carboxylic acids is 2. The molecule has 1 atom stereocenters. The number of rotatable bonds is 6. The van der Waals surface area contributed by atoms with Gasteiger partial charge in [0.1, 0.15) is 18.2 Å². The van der Waals surface area contributed by atoms with Gasteiger partial charge in [-0.05, 0) is 42.0 Å². The minimum Gasteiger partial charge on any atom is -0.480 e. The smallest absolute Gasteiger partial charge is 0.407 e. The second-order valence-corrected chi connectivity index (χ2v) is 8.98. The van der Waals surface area contributed by atoms with Crippen LogP contribution in [0.5, 0.6) is 0 Å². The van der Waals surface area contributed by atoms with Crippen molar-refractivity contribution in [2.75, 3.05) is 6.61 Å². The number of benzene rings is 2. The van der Waals surface area contributed by atoms with Crippen LogP contribution in [0.4, 0.5) is 4.79 Å².